The van der Waals surface area contributed by atoms with Gasteiger partial charge >= 0.3 is 0 Å². The first-order valence-corrected chi connectivity index (χ1v) is 9.96. The summed E-state index contributed by atoms with van der Waals surface area (Å²) >= 11 is 6.05. The van der Waals surface area contributed by atoms with Crippen molar-refractivity contribution in [3.05, 3.63) is 93.5 Å². The average molecular weight is 435 g/mol. The predicted molar refractivity (Wildman–Crippen MR) is 118 cm³/mol. The molecule has 0 radical (unpaired) electrons. The van der Waals surface area contributed by atoms with Crippen LogP contribution in [0.1, 0.15) is 42.2 Å². The number of amides is 3. The van der Waals surface area contributed by atoms with Crippen LogP contribution in [0.3, 0.4) is 0 Å². The lowest BCUT2D eigenvalue weighted by Crippen LogP contribution is -2.29. The minimum Gasteiger partial charge on any atom is -0.496 e. The maximum absolute atomic E-state index is 13.0. The highest BCUT2D eigenvalue weighted by molar-refractivity contribution is 6.31. The summed E-state index contributed by atoms with van der Waals surface area (Å²) in [5, 5.41) is 3.35. The van der Waals surface area contributed by atoms with Gasteiger partial charge < -0.3 is 10.1 Å². The summed E-state index contributed by atoms with van der Waals surface area (Å²) in [4.78, 5) is 39.5. The number of aryl methyl sites for hydroxylation is 1. The smallest absolute Gasteiger partial charge is 0.261 e. The first kappa shape index (κ1) is 20.6. The van der Waals surface area contributed by atoms with E-state index < -0.39 is 0 Å². The van der Waals surface area contributed by atoms with Gasteiger partial charge in [-0.1, -0.05) is 35.9 Å². The second kappa shape index (κ2) is 8.24. The van der Waals surface area contributed by atoms with E-state index in [-0.39, 0.29) is 29.8 Å². The molecule has 1 aliphatic rings. The molecule has 0 aliphatic carbocycles. The highest BCUT2D eigenvalue weighted by Gasteiger charge is 2.35. The van der Waals surface area contributed by atoms with Crippen LogP contribution >= 0.6 is 11.6 Å². The first-order valence-electron chi connectivity index (χ1n) is 9.58. The fourth-order valence-corrected chi connectivity index (χ4v) is 3.69. The van der Waals surface area contributed by atoms with Crippen LogP contribution in [0, 0.1) is 6.92 Å². The molecular formula is C24H19ClN2O4. The third kappa shape index (κ3) is 3.90. The summed E-state index contributed by atoms with van der Waals surface area (Å²) in [5.74, 6) is -0.705. The van der Waals surface area contributed by atoms with Gasteiger partial charge in [0.2, 0.25) is 0 Å². The van der Waals surface area contributed by atoms with Gasteiger partial charge in [0.25, 0.3) is 17.7 Å². The van der Waals surface area contributed by atoms with E-state index in [0.29, 0.717) is 33.1 Å². The van der Waals surface area contributed by atoms with Crippen LogP contribution in [-0.4, -0.2) is 29.7 Å². The molecule has 7 heteroatoms. The molecule has 156 valence electrons. The van der Waals surface area contributed by atoms with Crippen molar-refractivity contribution in [2.75, 3.05) is 12.4 Å². The Morgan fingerprint density at radius 2 is 1.68 bits per heavy atom. The van der Waals surface area contributed by atoms with E-state index in [2.05, 4.69) is 5.32 Å². The number of carbonyl (C=O) groups is 3. The predicted octanol–water partition coefficient (Wildman–Crippen LogP) is 4.71. The van der Waals surface area contributed by atoms with Crippen molar-refractivity contribution in [1.82, 2.24) is 4.90 Å². The molecule has 4 rings (SSSR count). The summed E-state index contributed by atoms with van der Waals surface area (Å²) in [6.45, 7) is 1.91. The quantitative estimate of drug-likeness (QED) is 0.590. The molecular weight excluding hydrogens is 416 g/mol. The highest BCUT2D eigenvalue weighted by Crippen LogP contribution is 2.28. The first-order chi connectivity index (χ1) is 14.9. The minimum absolute atomic E-state index is 0.0484. The standard InChI is InChI=1S/C24H19ClN2O4/c1-14-7-9-16(25)12-20(14)26-22(28)19-11-15(8-10-21(19)31-2)13-27-23(29)17-5-3-4-6-18(17)24(27)30/h3-12H,13H2,1-2H3,(H,26,28). The van der Waals surface area contributed by atoms with E-state index in [1.165, 1.54) is 12.0 Å². The minimum atomic E-state index is -0.383. The van der Waals surface area contributed by atoms with E-state index >= 15 is 0 Å². The van der Waals surface area contributed by atoms with Gasteiger partial charge in [-0.25, -0.2) is 0 Å². The molecule has 0 bridgehead atoms. The van der Waals surface area contributed by atoms with Gasteiger partial charge in [0.1, 0.15) is 5.75 Å². The van der Waals surface area contributed by atoms with Gasteiger partial charge in [0, 0.05) is 10.7 Å². The Labute approximate surface area is 184 Å². The molecule has 0 saturated carbocycles. The number of halogens is 1. The molecule has 0 fully saturated rings. The van der Waals surface area contributed by atoms with Crippen molar-refractivity contribution >= 4 is 35.0 Å². The Kier molecular flexibility index (Phi) is 5.48. The largest absolute Gasteiger partial charge is 0.496 e. The zero-order valence-electron chi connectivity index (χ0n) is 16.9. The number of fused-ring (bicyclic) bond motifs is 1. The van der Waals surface area contributed by atoms with Gasteiger partial charge in [-0.15, -0.1) is 0 Å². The molecule has 6 nitrogen and oxygen atoms in total. The number of anilines is 1. The zero-order chi connectivity index (χ0) is 22.1. The molecule has 3 aromatic rings. The number of nitrogens with zero attached hydrogens (tertiary/aromatic N) is 1. The van der Waals surface area contributed by atoms with Crippen LogP contribution in [0.15, 0.2) is 60.7 Å². The number of imide groups is 1. The van der Waals surface area contributed by atoms with Crippen LogP contribution in [0.4, 0.5) is 5.69 Å². The normalized spacial score (nSPS) is 12.7. The Hall–Kier alpha value is -3.64. The molecule has 3 amide bonds. The molecule has 1 heterocycles. The van der Waals surface area contributed by atoms with E-state index in [4.69, 9.17) is 16.3 Å². The summed E-state index contributed by atoms with van der Waals surface area (Å²) in [5.41, 5.74) is 3.13. The topological polar surface area (TPSA) is 75.7 Å². The molecule has 0 saturated heterocycles. The Balaban J connectivity index is 1.61. The third-order valence-corrected chi connectivity index (χ3v) is 5.41. The summed E-state index contributed by atoms with van der Waals surface area (Å²) < 4.78 is 5.34. The maximum atomic E-state index is 13.0. The number of hydrogen-bond acceptors (Lipinski definition) is 4. The van der Waals surface area contributed by atoms with E-state index in [0.717, 1.165) is 5.56 Å². The fourth-order valence-electron chi connectivity index (χ4n) is 3.51. The molecule has 0 spiro atoms. The lowest BCUT2D eigenvalue weighted by Gasteiger charge is -2.16. The molecule has 0 atom stereocenters. The van der Waals surface area contributed by atoms with Crippen LogP contribution < -0.4 is 10.1 Å². The fraction of sp³-hybridized carbons (Fsp3) is 0.125. The SMILES string of the molecule is COc1ccc(CN2C(=O)c3ccccc3C2=O)cc1C(=O)Nc1cc(Cl)ccc1C. The van der Waals surface area contributed by atoms with Crippen LogP contribution in [-0.2, 0) is 6.54 Å². The molecule has 1 aliphatic heterocycles. The van der Waals surface area contributed by atoms with Crippen LogP contribution in [0.25, 0.3) is 0 Å². The number of hydrogen-bond donors (Lipinski definition) is 1. The number of carbonyl (C=O) groups excluding carboxylic acids is 3. The second-order valence-electron chi connectivity index (χ2n) is 7.19. The monoisotopic (exact) mass is 434 g/mol. The van der Waals surface area contributed by atoms with Crippen molar-refractivity contribution in [3.8, 4) is 5.75 Å². The Morgan fingerprint density at radius 3 is 2.32 bits per heavy atom. The number of ether oxygens (including phenoxy) is 1. The summed E-state index contributed by atoms with van der Waals surface area (Å²) in [7, 11) is 1.47. The van der Waals surface area contributed by atoms with Crippen molar-refractivity contribution in [2.24, 2.45) is 0 Å². The highest BCUT2D eigenvalue weighted by atomic mass is 35.5. The lowest BCUT2D eigenvalue weighted by molar-refractivity contribution is 0.0642. The van der Waals surface area contributed by atoms with Gasteiger partial charge in [0.15, 0.2) is 0 Å². The number of benzene rings is 3. The Bertz CT molecular complexity index is 1190. The Morgan fingerprint density at radius 1 is 1.00 bits per heavy atom. The second-order valence-corrected chi connectivity index (χ2v) is 7.63. The molecule has 0 aromatic heterocycles. The van der Waals surface area contributed by atoms with E-state index in [1.54, 1.807) is 54.6 Å². The van der Waals surface area contributed by atoms with Gasteiger partial charge in [0.05, 0.1) is 30.3 Å². The summed E-state index contributed by atoms with van der Waals surface area (Å²) in [6, 6.07) is 16.9. The number of nitrogens with one attached hydrogen (secondary N) is 1. The van der Waals surface area contributed by atoms with Crippen LogP contribution in [0.2, 0.25) is 5.02 Å². The van der Waals surface area contributed by atoms with Crippen molar-refractivity contribution in [2.45, 2.75) is 13.5 Å². The van der Waals surface area contributed by atoms with Gasteiger partial charge in [-0.3, -0.25) is 19.3 Å². The van der Waals surface area contributed by atoms with E-state index in [1.807, 2.05) is 13.0 Å². The van der Waals surface area contributed by atoms with Crippen LogP contribution in [0.5, 0.6) is 5.75 Å². The molecule has 31 heavy (non-hydrogen) atoms. The van der Waals surface area contributed by atoms with Crippen molar-refractivity contribution < 1.29 is 19.1 Å². The van der Waals surface area contributed by atoms with Gasteiger partial charge in [-0.05, 0) is 54.4 Å². The summed E-state index contributed by atoms with van der Waals surface area (Å²) in [6.07, 6.45) is 0. The molecule has 0 unspecified atom stereocenters. The third-order valence-electron chi connectivity index (χ3n) is 5.18. The van der Waals surface area contributed by atoms with Gasteiger partial charge in [-0.2, -0.15) is 0 Å². The van der Waals surface area contributed by atoms with Crippen molar-refractivity contribution in [1.29, 1.82) is 0 Å². The van der Waals surface area contributed by atoms with Crippen molar-refractivity contribution in [3.63, 3.8) is 0 Å². The number of methoxy groups -OCH3 is 1. The molecule has 1 N–H and O–H groups in total. The lowest BCUT2D eigenvalue weighted by atomic mass is 10.1. The average Bonchev–Trinajstić information content (AvgIpc) is 3.01. The zero-order valence-corrected chi connectivity index (χ0v) is 17.7. The number of rotatable bonds is 5. The molecule has 3 aromatic carbocycles. The maximum Gasteiger partial charge on any atom is 0.261 e. The van der Waals surface area contributed by atoms with E-state index in [9.17, 15) is 14.4 Å².